The van der Waals surface area contributed by atoms with Gasteiger partial charge in [0.05, 0.1) is 24.2 Å². The van der Waals surface area contributed by atoms with Crippen molar-refractivity contribution >= 4 is 23.2 Å². The van der Waals surface area contributed by atoms with Crippen molar-refractivity contribution in [3.05, 3.63) is 65.1 Å². The van der Waals surface area contributed by atoms with Crippen molar-refractivity contribution in [3.63, 3.8) is 0 Å². The van der Waals surface area contributed by atoms with Gasteiger partial charge in [-0.1, -0.05) is 16.8 Å². The molecule has 3 rings (SSSR count). The van der Waals surface area contributed by atoms with Crippen LogP contribution in [0.5, 0.6) is 5.75 Å². The summed E-state index contributed by atoms with van der Waals surface area (Å²) in [6.45, 7) is 0. The molecule has 2 aromatic carbocycles. The van der Waals surface area contributed by atoms with E-state index >= 15 is 0 Å². The van der Waals surface area contributed by atoms with Gasteiger partial charge in [-0.2, -0.15) is 0 Å². The van der Waals surface area contributed by atoms with Crippen molar-refractivity contribution in [2.24, 2.45) is 0 Å². The first kappa shape index (κ1) is 17.0. The summed E-state index contributed by atoms with van der Waals surface area (Å²) in [6, 6.07) is 13.0. The fraction of sp³-hybridized carbons (Fsp3) is 0.111. The van der Waals surface area contributed by atoms with Crippen LogP contribution in [0, 0.1) is 5.82 Å². The highest BCUT2D eigenvalue weighted by Crippen LogP contribution is 2.23. The van der Waals surface area contributed by atoms with E-state index in [1.165, 1.54) is 18.2 Å². The molecule has 1 aromatic heterocycles. The minimum Gasteiger partial charge on any atom is -0.497 e. The number of carbonyl (C=O) groups is 1. The van der Waals surface area contributed by atoms with E-state index in [0.29, 0.717) is 17.1 Å². The summed E-state index contributed by atoms with van der Waals surface area (Å²) in [5.41, 5.74) is 1.72. The number of benzene rings is 2. The Morgan fingerprint density at radius 2 is 2.00 bits per heavy atom. The quantitative estimate of drug-likeness (QED) is 0.735. The topological polar surface area (TPSA) is 64.4 Å². The summed E-state index contributed by atoms with van der Waals surface area (Å²) in [4.78, 5) is 12.1. The Balaban J connectivity index is 1.65. The lowest BCUT2D eigenvalue weighted by Gasteiger charge is -2.04. The first-order valence-corrected chi connectivity index (χ1v) is 7.78. The molecule has 0 unspecified atom stereocenters. The van der Waals surface area contributed by atoms with Gasteiger partial charge >= 0.3 is 0 Å². The van der Waals surface area contributed by atoms with E-state index in [2.05, 4.69) is 10.5 Å². The highest BCUT2D eigenvalue weighted by molar-refractivity contribution is 6.31. The predicted octanol–water partition coefficient (Wildman–Crippen LogP) is 4.32. The van der Waals surface area contributed by atoms with Gasteiger partial charge < -0.3 is 14.6 Å². The summed E-state index contributed by atoms with van der Waals surface area (Å²) >= 11 is 5.69. The summed E-state index contributed by atoms with van der Waals surface area (Å²) < 4.78 is 23.5. The fourth-order valence-corrected chi connectivity index (χ4v) is 2.41. The number of hydrogen-bond donors (Lipinski definition) is 1. The van der Waals surface area contributed by atoms with Crippen molar-refractivity contribution in [1.29, 1.82) is 0 Å². The maximum atomic E-state index is 13.1. The molecule has 0 saturated carbocycles. The van der Waals surface area contributed by atoms with Gasteiger partial charge in [0.25, 0.3) is 0 Å². The number of rotatable bonds is 5. The Bertz CT molecular complexity index is 894. The Morgan fingerprint density at radius 1 is 1.24 bits per heavy atom. The number of nitrogens with zero attached hydrogens (tertiary/aromatic N) is 1. The molecule has 0 radical (unpaired) electrons. The number of ether oxygens (including phenoxy) is 1. The molecule has 1 heterocycles. The molecular formula is C18H14ClFN2O3. The minimum atomic E-state index is -0.541. The first-order chi connectivity index (χ1) is 12.0. The van der Waals surface area contributed by atoms with Crippen LogP contribution in [-0.4, -0.2) is 18.2 Å². The largest absolute Gasteiger partial charge is 0.497 e. The van der Waals surface area contributed by atoms with Crippen molar-refractivity contribution in [2.45, 2.75) is 6.42 Å². The van der Waals surface area contributed by atoms with Gasteiger partial charge in [0, 0.05) is 17.3 Å². The molecule has 0 aliphatic carbocycles. The zero-order valence-corrected chi connectivity index (χ0v) is 14.0. The van der Waals surface area contributed by atoms with Gasteiger partial charge in [0.2, 0.25) is 5.91 Å². The average molecular weight is 361 g/mol. The van der Waals surface area contributed by atoms with Crippen molar-refractivity contribution < 1.29 is 18.4 Å². The summed E-state index contributed by atoms with van der Waals surface area (Å²) in [5, 5.41) is 6.47. The van der Waals surface area contributed by atoms with Crippen LogP contribution in [-0.2, 0) is 11.2 Å². The van der Waals surface area contributed by atoms with Gasteiger partial charge in [-0.15, -0.1) is 0 Å². The van der Waals surface area contributed by atoms with Crippen LogP contribution in [0.4, 0.5) is 10.1 Å². The molecule has 25 heavy (non-hydrogen) atoms. The highest BCUT2D eigenvalue weighted by Gasteiger charge is 2.12. The molecule has 5 nitrogen and oxygen atoms in total. The van der Waals surface area contributed by atoms with Crippen LogP contribution < -0.4 is 10.1 Å². The van der Waals surface area contributed by atoms with Gasteiger partial charge in [0.1, 0.15) is 11.6 Å². The lowest BCUT2D eigenvalue weighted by Crippen LogP contribution is -2.14. The van der Waals surface area contributed by atoms with Crippen LogP contribution in [0.25, 0.3) is 11.3 Å². The van der Waals surface area contributed by atoms with Crippen LogP contribution in [0.1, 0.15) is 5.69 Å². The monoisotopic (exact) mass is 360 g/mol. The van der Waals surface area contributed by atoms with E-state index in [1.807, 2.05) is 24.3 Å². The van der Waals surface area contributed by atoms with Gasteiger partial charge in [0.15, 0.2) is 5.76 Å². The number of amides is 1. The number of hydrogen-bond acceptors (Lipinski definition) is 4. The molecule has 1 amide bonds. The van der Waals surface area contributed by atoms with Crippen LogP contribution >= 0.6 is 11.6 Å². The number of carbonyl (C=O) groups excluding carboxylic acids is 1. The Hall–Kier alpha value is -2.86. The molecule has 0 saturated heterocycles. The second kappa shape index (κ2) is 7.36. The number of anilines is 1. The molecule has 0 spiro atoms. The summed E-state index contributed by atoms with van der Waals surface area (Å²) in [6.07, 6.45) is 0.0225. The molecule has 7 heteroatoms. The lowest BCUT2D eigenvalue weighted by molar-refractivity contribution is -0.115. The van der Waals surface area contributed by atoms with Crippen LogP contribution in [0.15, 0.2) is 53.1 Å². The molecule has 0 atom stereocenters. The fourth-order valence-electron chi connectivity index (χ4n) is 2.23. The Labute approximate surface area is 148 Å². The Kier molecular flexibility index (Phi) is 5.00. The molecule has 3 aromatic rings. The van der Waals surface area contributed by atoms with E-state index < -0.39 is 5.82 Å². The minimum absolute atomic E-state index is 0.0225. The molecule has 128 valence electrons. The van der Waals surface area contributed by atoms with Crippen molar-refractivity contribution in [3.8, 4) is 17.1 Å². The predicted molar refractivity (Wildman–Crippen MR) is 92.2 cm³/mol. The van der Waals surface area contributed by atoms with Crippen molar-refractivity contribution in [2.75, 3.05) is 12.4 Å². The van der Waals surface area contributed by atoms with Crippen LogP contribution in [0.3, 0.4) is 0 Å². The zero-order chi connectivity index (χ0) is 17.8. The third-order valence-corrected chi connectivity index (χ3v) is 3.77. The normalized spacial score (nSPS) is 10.5. The molecule has 1 N–H and O–H groups in total. The maximum absolute atomic E-state index is 13.1. The van der Waals surface area contributed by atoms with Crippen LogP contribution in [0.2, 0.25) is 5.02 Å². The first-order valence-electron chi connectivity index (χ1n) is 7.40. The van der Waals surface area contributed by atoms with E-state index in [4.69, 9.17) is 20.9 Å². The van der Waals surface area contributed by atoms with E-state index in [-0.39, 0.29) is 17.4 Å². The highest BCUT2D eigenvalue weighted by atomic mass is 35.5. The number of halogens is 2. The second-order valence-electron chi connectivity index (χ2n) is 5.26. The number of aromatic nitrogens is 1. The standard InChI is InChI=1S/C18H14ClFN2O3/c1-24-14-5-2-11(3-6-14)17-9-13(22-25-17)10-18(23)21-12-4-7-16(20)15(19)8-12/h2-9H,10H2,1H3,(H,21,23). The molecule has 0 bridgehead atoms. The molecule has 0 aliphatic heterocycles. The Morgan fingerprint density at radius 3 is 2.68 bits per heavy atom. The number of nitrogens with one attached hydrogen (secondary N) is 1. The van der Waals surface area contributed by atoms with E-state index in [9.17, 15) is 9.18 Å². The SMILES string of the molecule is COc1ccc(-c2cc(CC(=O)Nc3ccc(F)c(Cl)c3)no2)cc1. The van der Waals surface area contributed by atoms with Gasteiger partial charge in [-0.25, -0.2) is 4.39 Å². The van der Waals surface area contributed by atoms with E-state index in [1.54, 1.807) is 13.2 Å². The molecular weight excluding hydrogens is 347 g/mol. The van der Waals surface area contributed by atoms with Crippen molar-refractivity contribution in [1.82, 2.24) is 5.16 Å². The third kappa shape index (κ3) is 4.16. The molecule has 0 aliphatic rings. The average Bonchev–Trinajstić information content (AvgIpc) is 3.06. The molecule has 0 fully saturated rings. The van der Waals surface area contributed by atoms with Gasteiger partial charge in [-0.3, -0.25) is 4.79 Å². The zero-order valence-electron chi connectivity index (χ0n) is 13.3. The summed E-state index contributed by atoms with van der Waals surface area (Å²) in [7, 11) is 1.59. The van der Waals surface area contributed by atoms with Gasteiger partial charge in [-0.05, 0) is 42.5 Å². The number of methoxy groups -OCH3 is 1. The third-order valence-electron chi connectivity index (χ3n) is 3.48. The second-order valence-corrected chi connectivity index (χ2v) is 5.67. The lowest BCUT2D eigenvalue weighted by atomic mass is 10.1. The maximum Gasteiger partial charge on any atom is 0.230 e. The van der Waals surface area contributed by atoms with E-state index in [0.717, 1.165) is 11.3 Å². The smallest absolute Gasteiger partial charge is 0.230 e. The summed E-state index contributed by atoms with van der Waals surface area (Å²) in [5.74, 6) is 0.439.